The van der Waals surface area contributed by atoms with E-state index in [-0.39, 0.29) is 52.5 Å². The van der Waals surface area contributed by atoms with Gasteiger partial charge in [0.2, 0.25) is 5.91 Å². The van der Waals surface area contributed by atoms with Crippen molar-refractivity contribution in [3.05, 3.63) is 60.9 Å². The van der Waals surface area contributed by atoms with Gasteiger partial charge in [0, 0.05) is 32.7 Å². The van der Waals surface area contributed by atoms with Gasteiger partial charge in [0.15, 0.2) is 5.75 Å². The Morgan fingerprint density at radius 3 is 2.44 bits per heavy atom. The number of imide groups is 1. The summed E-state index contributed by atoms with van der Waals surface area (Å²) in [5.74, 6) is -1.47. The number of nitrogens with zero attached hydrogens (tertiary/aromatic N) is 3. The number of hydrogen-bond acceptors (Lipinski definition) is 6. The number of rotatable bonds is 8. The summed E-state index contributed by atoms with van der Waals surface area (Å²) in [6.07, 6.45) is 1.47. The van der Waals surface area contributed by atoms with Gasteiger partial charge in [-0.3, -0.25) is 23.6 Å². The Labute approximate surface area is 252 Å². The molecule has 41 heavy (non-hydrogen) atoms. The number of benzene rings is 2. The molecule has 2 aliphatic heterocycles. The third-order valence-electron chi connectivity index (χ3n) is 7.43. The SMILES string of the molecule is C[Si](C)(C)CCOCN1C(=O)CCC(n2c(=O)n3c4c(c(C(=O)Oc5c(Cl)cc(Cl)cc5Cl)ccc42)CCC3)C1=O. The second-order valence-corrected chi connectivity index (χ2v) is 18.4. The number of amides is 2. The number of ether oxygens (including phenoxy) is 2. The van der Waals surface area contributed by atoms with E-state index >= 15 is 0 Å². The van der Waals surface area contributed by atoms with E-state index in [0.29, 0.717) is 47.6 Å². The quantitative estimate of drug-likeness (QED) is 0.0997. The molecule has 0 saturated carbocycles. The summed E-state index contributed by atoms with van der Waals surface area (Å²) >= 11 is 18.4. The first kappa shape index (κ1) is 29.8. The second-order valence-electron chi connectivity index (χ2n) is 11.5. The van der Waals surface area contributed by atoms with Crippen LogP contribution in [0.2, 0.25) is 40.8 Å². The lowest BCUT2D eigenvalue weighted by Gasteiger charge is -2.31. The lowest BCUT2D eigenvalue weighted by Crippen LogP contribution is -2.48. The summed E-state index contributed by atoms with van der Waals surface area (Å²) in [6, 6.07) is 6.12. The molecule has 5 rings (SSSR count). The highest BCUT2D eigenvalue weighted by Crippen LogP contribution is 2.37. The van der Waals surface area contributed by atoms with E-state index in [0.717, 1.165) is 10.9 Å². The van der Waals surface area contributed by atoms with Gasteiger partial charge in [-0.15, -0.1) is 0 Å². The molecule has 3 aromatic rings. The average Bonchev–Trinajstić information content (AvgIpc) is 3.18. The predicted octanol–water partition coefficient (Wildman–Crippen LogP) is 5.93. The van der Waals surface area contributed by atoms with Crippen LogP contribution in [0.25, 0.3) is 11.0 Å². The number of hydrogen-bond donors (Lipinski definition) is 0. The summed E-state index contributed by atoms with van der Waals surface area (Å²) in [6.45, 7) is 7.43. The zero-order valence-corrected chi connectivity index (χ0v) is 26.2. The summed E-state index contributed by atoms with van der Waals surface area (Å²) in [5.41, 5.74) is 1.65. The van der Waals surface area contributed by atoms with E-state index < -0.39 is 26.0 Å². The second kappa shape index (κ2) is 11.6. The molecule has 0 spiro atoms. The van der Waals surface area contributed by atoms with Gasteiger partial charge in [-0.05, 0) is 55.1 Å². The Kier molecular flexibility index (Phi) is 8.42. The molecular weight excluding hydrogens is 609 g/mol. The molecule has 1 aromatic heterocycles. The zero-order chi connectivity index (χ0) is 29.6. The van der Waals surface area contributed by atoms with Crippen LogP contribution < -0.4 is 10.4 Å². The lowest BCUT2D eigenvalue weighted by atomic mass is 9.98. The number of likely N-dealkylation sites (tertiary alicyclic amines) is 1. The number of aromatic nitrogens is 2. The van der Waals surface area contributed by atoms with Crippen molar-refractivity contribution in [3.63, 3.8) is 0 Å². The molecule has 2 amide bonds. The van der Waals surface area contributed by atoms with E-state index in [1.807, 2.05) is 0 Å². The Bertz CT molecular complexity index is 1600. The molecule has 0 aliphatic carbocycles. The third-order valence-corrected chi connectivity index (χ3v) is 9.91. The topological polar surface area (TPSA) is 99.8 Å². The number of imidazole rings is 1. The number of halogens is 3. The average molecular weight is 639 g/mol. The largest absolute Gasteiger partial charge is 0.420 e. The van der Waals surface area contributed by atoms with Crippen LogP contribution in [0.15, 0.2) is 29.1 Å². The molecule has 13 heteroatoms. The molecule has 0 radical (unpaired) electrons. The fourth-order valence-electron chi connectivity index (χ4n) is 5.32. The standard InChI is InChI=1S/C28H30Cl3N3O6Si/c1-41(2,3)12-11-39-15-33-23(35)9-8-22(26(33)36)34-21-7-6-18(17-5-4-10-32(24(17)21)28(34)38)27(37)40-25-19(30)13-16(29)14-20(25)31/h6-7,13-14,22H,4-5,8-12,15H2,1-3H3. The maximum Gasteiger partial charge on any atom is 0.343 e. The molecule has 3 heterocycles. The maximum atomic E-state index is 13.7. The predicted molar refractivity (Wildman–Crippen MR) is 160 cm³/mol. The number of piperidine rings is 1. The van der Waals surface area contributed by atoms with Crippen molar-refractivity contribution in [1.29, 1.82) is 0 Å². The van der Waals surface area contributed by atoms with Crippen molar-refractivity contribution >= 4 is 71.7 Å². The Morgan fingerprint density at radius 1 is 1.05 bits per heavy atom. The highest BCUT2D eigenvalue weighted by atomic mass is 35.5. The number of esters is 1. The molecule has 1 atom stereocenters. The minimum absolute atomic E-state index is 0.00887. The van der Waals surface area contributed by atoms with Gasteiger partial charge in [0.25, 0.3) is 5.91 Å². The zero-order valence-electron chi connectivity index (χ0n) is 23.0. The summed E-state index contributed by atoms with van der Waals surface area (Å²) in [5, 5.41) is 0.485. The first-order valence-corrected chi connectivity index (χ1v) is 18.3. The van der Waals surface area contributed by atoms with Crippen LogP contribution in [-0.4, -0.2) is 53.2 Å². The van der Waals surface area contributed by atoms with Crippen LogP contribution in [-0.2, 0) is 27.3 Å². The van der Waals surface area contributed by atoms with Gasteiger partial charge in [0.05, 0.1) is 26.6 Å². The van der Waals surface area contributed by atoms with Gasteiger partial charge in [-0.1, -0.05) is 54.4 Å². The summed E-state index contributed by atoms with van der Waals surface area (Å²) in [4.78, 5) is 54.3. The third kappa shape index (κ3) is 5.85. The molecular formula is C28H30Cl3N3O6Si. The van der Waals surface area contributed by atoms with E-state index in [1.165, 1.54) is 16.7 Å². The molecule has 9 nitrogen and oxygen atoms in total. The van der Waals surface area contributed by atoms with Crippen LogP contribution in [0, 0.1) is 0 Å². The molecule has 218 valence electrons. The van der Waals surface area contributed by atoms with Gasteiger partial charge < -0.3 is 9.47 Å². The smallest absolute Gasteiger partial charge is 0.343 e. The van der Waals surface area contributed by atoms with E-state index in [1.54, 1.807) is 16.7 Å². The fourth-order valence-corrected chi connectivity index (χ4v) is 6.97. The number of aryl methyl sites for hydroxylation is 2. The Hall–Kier alpha value is -2.63. The van der Waals surface area contributed by atoms with E-state index in [4.69, 9.17) is 44.3 Å². The van der Waals surface area contributed by atoms with Crippen LogP contribution >= 0.6 is 34.8 Å². The van der Waals surface area contributed by atoms with Crippen molar-refractivity contribution in [1.82, 2.24) is 14.0 Å². The molecule has 2 aliphatic rings. The highest BCUT2D eigenvalue weighted by molar-refractivity contribution is 6.76. The van der Waals surface area contributed by atoms with Crippen LogP contribution in [0.4, 0.5) is 0 Å². The molecule has 1 saturated heterocycles. The molecule has 1 unspecified atom stereocenters. The van der Waals surface area contributed by atoms with Gasteiger partial charge in [0.1, 0.15) is 12.8 Å². The van der Waals surface area contributed by atoms with Gasteiger partial charge >= 0.3 is 11.7 Å². The van der Waals surface area contributed by atoms with Crippen molar-refractivity contribution in [2.75, 3.05) is 13.3 Å². The maximum absolute atomic E-state index is 13.7. The first-order valence-electron chi connectivity index (χ1n) is 13.4. The molecule has 0 N–H and O–H groups in total. The minimum atomic E-state index is -1.34. The molecule has 0 bridgehead atoms. The summed E-state index contributed by atoms with van der Waals surface area (Å²) < 4.78 is 14.3. The molecule has 2 aromatic carbocycles. The minimum Gasteiger partial charge on any atom is -0.420 e. The van der Waals surface area contributed by atoms with E-state index in [2.05, 4.69) is 19.6 Å². The van der Waals surface area contributed by atoms with Gasteiger partial charge in [-0.2, -0.15) is 0 Å². The van der Waals surface area contributed by atoms with Crippen molar-refractivity contribution < 1.29 is 23.9 Å². The first-order chi connectivity index (χ1) is 19.4. The van der Waals surface area contributed by atoms with Crippen molar-refractivity contribution in [3.8, 4) is 5.75 Å². The van der Waals surface area contributed by atoms with Crippen LogP contribution in [0.5, 0.6) is 5.75 Å². The normalized spacial score (nSPS) is 17.4. The van der Waals surface area contributed by atoms with E-state index in [9.17, 15) is 19.2 Å². The van der Waals surface area contributed by atoms with Crippen molar-refractivity contribution in [2.45, 2.75) is 64.0 Å². The van der Waals surface area contributed by atoms with Crippen molar-refractivity contribution in [2.24, 2.45) is 0 Å². The number of carbonyl (C=O) groups excluding carboxylic acids is 3. The fraction of sp³-hybridized carbons (Fsp3) is 0.429. The Balaban J connectivity index is 1.47. The lowest BCUT2D eigenvalue weighted by molar-refractivity contribution is -0.157. The van der Waals surface area contributed by atoms with Gasteiger partial charge in [-0.25, -0.2) is 9.59 Å². The molecule has 1 fully saturated rings. The summed E-state index contributed by atoms with van der Waals surface area (Å²) in [7, 11) is -1.34. The Morgan fingerprint density at radius 2 is 1.76 bits per heavy atom. The monoisotopic (exact) mass is 637 g/mol. The van der Waals surface area contributed by atoms with Crippen LogP contribution in [0.1, 0.15) is 41.2 Å². The number of carbonyl (C=O) groups is 3. The highest BCUT2D eigenvalue weighted by Gasteiger charge is 2.38. The van der Waals surface area contributed by atoms with Crippen LogP contribution in [0.3, 0.4) is 0 Å².